The van der Waals surface area contributed by atoms with Crippen LogP contribution in [0.5, 0.6) is 0 Å². The number of rotatable bonds is 4. The number of aromatic nitrogens is 6. The van der Waals surface area contributed by atoms with Gasteiger partial charge in [0.25, 0.3) is 0 Å². The van der Waals surface area contributed by atoms with Crippen LogP contribution in [0.1, 0.15) is 72.3 Å². The van der Waals surface area contributed by atoms with Gasteiger partial charge in [0.1, 0.15) is 35.6 Å². The lowest BCUT2D eigenvalue weighted by Crippen LogP contribution is -2.47. The number of ketones is 1. The van der Waals surface area contributed by atoms with E-state index in [-0.39, 0.29) is 49.1 Å². The van der Waals surface area contributed by atoms with Crippen LogP contribution >= 0.6 is 0 Å². The number of nitrogens with one attached hydrogen (secondary N) is 2. The molecule has 3 amide bonds. The zero-order chi connectivity index (χ0) is 36.9. The highest BCUT2D eigenvalue weighted by atomic mass is 19.4. The first-order chi connectivity index (χ1) is 24.7. The van der Waals surface area contributed by atoms with Gasteiger partial charge in [-0.15, -0.1) is 0 Å². The van der Waals surface area contributed by atoms with Crippen LogP contribution in [-0.4, -0.2) is 76.7 Å². The fourth-order valence-corrected chi connectivity index (χ4v) is 7.22. The van der Waals surface area contributed by atoms with Crippen molar-refractivity contribution in [3.05, 3.63) is 71.2 Å². The van der Waals surface area contributed by atoms with Gasteiger partial charge in [-0.2, -0.15) is 18.3 Å². The maximum atomic E-state index is 14.4. The Morgan fingerprint density at radius 1 is 1.06 bits per heavy atom. The number of Topliss-reactive ketones (excluding diaryl/α,β-unsaturated/α-hetero) is 1. The lowest BCUT2D eigenvalue weighted by atomic mass is 9.98. The fraction of sp³-hybridized carbons (Fsp3) is 0.417. The minimum Gasteiger partial charge on any atom is -0.355 e. The minimum absolute atomic E-state index is 0.143. The van der Waals surface area contributed by atoms with E-state index in [4.69, 9.17) is 4.98 Å². The summed E-state index contributed by atoms with van der Waals surface area (Å²) in [5.41, 5.74) is 0.874. The molecule has 0 spiro atoms. The van der Waals surface area contributed by atoms with E-state index >= 15 is 0 Å². The molecule has 7 rings (SSSR count). The first-order valence-corrected chi connectivity index (χ1v) is 17.0. The molecule has 0 unspecified atom stereocenters. The van der Waals surface area contributed by atoms with Crippen LogP contribution in [0.15, 0.2) is 42.7 Å². The first kappa shape index (κ1) is 34.9. The Morgan fingerprint density at radius 2 is 1.83 bits per heavy atom. The summed E-state index contributed by atoms with van der Waals surface area (Å²) in [5, 5.41) is 10.6. The molecule has 6 heterocycles. The normalized spacial score (nSPS) is 22.8. The van der Waals surface area contributed by atoms with Crippen LogP contribution in [0.4, 0.5) is 19.0 Å². The molecule has 1 saturated carbocycles. The molecule has 13 nitrogen and oxygen atoms in total. The van der Waals surface area contributed by atoms with Gasteiger partial charge in [-0.1, -0.05) is 18.2 Å². The predicted molar refractivity (Wildman–Crippen MR) is 182 cm³/mol. The lowest BCUT2D eigenvalue weighted by molar-refractivity contribution is -0.141. The SMILES string of the molecule is CC(=O)c1nn2c3c(nc(-c4cnc(C)nc4)cc13)C/C=C/CCCC(=O)NC[C@@]13C[C@@H](C(=O)Nc4nc(C(F)(F)F)ccc4C)N(C(=O)C2)[C@@H]1C3. The van der Waals surface area contributed by atoms with Gasteiger partial charge in [0, 0.05) is 61.1 Å². The third-order valence-corrected chi connectivity index (χ3v) is 10.0. The van der Waals surface area contributed by atoms with E-state index < -0.39 is 41.2 Å². The molecule has 16 heteroatoms. The molecular formula is C36H36F3N9O4. The number of allylic oxidation sites excluding steroid dienone is 2. The molecule has 270 valence electrons. The second-order valence-corrected chi connectivity index (χ2v) is 13.7. The van der Waals surface area contributed by atoms with Crippen molar-refractivity contribution < 1.29 is 32.3 Å². The molecule has 2 fully saturated rings. The summed E-state index contributed by atoms with van der Waals surface area (Å²) < 4.78 is 41.9. The van der Waals surface area contributed by atoms with Crippen molar-refractivity contribution in [2.45, 2.75) is 84.1 Å². The van der Waals surface area contributed by atoms with Gasteiger partial charge < -0.3 is 15.5 Å². The highest BCUT2D eigenvalue weighted by Gasteiger charge is 2.67. The Morgan fingerprint density at radius 3 is 2.56 bits per heavy atom. The number of aryl methyl sites for hydroxylation is 2. The van der Waals surface area contributed by atoms with Gasteiger partial charge in [0.2, 0.25) is 17.7 Å². The summed E-state index contributed by atoms with van der Waals surface area (Å²) in [5.74, 6) is -1.32. The smallest absolute Gasteiger partial charge is 0.355 e. The van der Waals surface area contributed by atoms with Gasteiger partial charge in [0.05, 0.1) is 16.9 Å². The molecule has 52 heavy (non-hydrogen) atoms. The molecular weight excluding hydrogens is 679 g/mol. The van der Waals surface area contributed by atoms with Crippen molar-refractivity contribution in [2.75, 3.05) is 11.9 Å². The van der Waals surface area contributed by atoms with Crippen molar-refractivity contribution in [3.8, 4) is 11.3 Å². The number of alkyl halides is 3. The van der Waals surface area contributed by atoms with Gasteiger partial charge in [-0.3, -0.25) is 28.8 Å². The molecule has 4 aromatic heterocycles. The average molecular weight is 716 g/mol. The fourth-order valence-electron chi connectivity index (χ4n) is 7.22. The minimum atomic E-state index is -4.73. The summed E-state index contributed by atoms with van der Waals surface area (Å²) in [6, 6.07) is 2.30. The Bertz CT molecular complexity index is 2150. The van der Waals surface area contributed by atoms with Crippen LogP contribution in [-0.2, 0) is 33.5 Å². The molecule has 0 aromatic carbocycles. The third-order valence-electron chi connectivity index (χ3n) is 10.0. The van der Waals surface area contributed by atoms with Gasteiger partial charge in [-0.05, 0) is 57.2 Å². The second kappa shape index (κ2) is 13.2. The van der Waals surface area contributed by atoms with E-state index in [0.29, 0.717) is 64.9 Å². The maximum absolute atomic E-state index is 14.4. The quantitative estimate of drug-likeness (QED) is 0.228. The van der Waals surface area contributed by atoms with Crippen LogP contribution in [0, 0.1) is 19.3 Å². The molecule has 1 saturated heterocycles. The van der Waals surface area contributed by atoms with E-state index in [2.05, 4.69) is 30.7 Å². The zero-order valence-electron chi connectivity index (χ0n) is 28.8. The van der Waals surface area contributed by atoms with E-state index in [0.717, 1.165) is 6.07 Å². The molecule has 2 bridgehead atoms. The predicted octanol–water partition coefficient (Wildman–Crippen LogP) is 4.52. The van der Waals surface area contributed by atoms with Crippen LogP contribution in [0.2, 0.25) is 0 Å². The van der Waals surface area contributed by atoms with Crippen molar-refractivity contribution in [3.63, 3.8) is 0 Å². The summed E-state index contributed by atoms with van der Waals surface area (Å²) >= 11 is 0. The highest BCUT2D eigenvalue weighted by Crippen LogP contribution is 2.59. The molecule has 1 aliphatic carbocycles. The Hall–Kier alpha value is -5.54. The Balaban J connectivity index is 1.29. The number of carbonyl (C=O) groups is 4. The summed E-state index contributed by atoms with van der Waals surface area (Å²) in [7, 11) is 0. The number of piperidine rings is 1. The topological polar surface area (TPSA) is 165 Å². The van der Waals surface area contributed by atoms with E-state index in [1.165, 1.54) is 29.5 Å². The van der Waals surface area contributed by atoms with Crippen molar-refractivity contribution >= 4 is 40.2 Å². The number of carbonyl (C=O) groups excluding carboxylic acids is 4. The van der Waals surface area contributed by atoms with Crippen LogP contribution in [0.25, 0.3) is 22.2 Å². The summed E-state index contributed by atoms with van der Waals surface area (Å²) in [6.07, 6.45) is 4.97. The maximum Gasteiger partial charge on any atom is 0.433 e. The second-order valence-electron chi connectivity index (χ2n) is 13.7. The summed E-state index contributed by atoms with van der Waals surface area (Å²) in [4.78, 5) is 72.6. The Labute approximate surface area is 296 Å². The van der Waals surface area contributed by atoms with E-state index in [1.807, 2.05) is 12.2 Å². The van der Waals surface area contributed by atoms with Crippen molar-refractivity contribution in [2.24, 2.45) is 5.41 Å². The largest absolute Gasteiger partial charge is 0.433 e. The number of nitrogens with zero attached hydrogens (tertiary/aromatic N) is 7. The van der Waals surface area contributed by atoms with Crippen molar-refractivity contribution in [1.29, 1.82) is 0 Å². The average Bonchev–Trinajstić information content (AvgIpc) is 3.50. The van der Waals surface area contributed by atoms with Crippen molar-refractivity contribution in [1.82, 2.24) is 39.9 Å². The number of pyridine rings is 2. The van der Waals surface area contributed by atoms with Gasteiger partial charge in [-0.25, -0.2) is 15.0 Å². The number of anilines is 1. The van der Waals surface area contributed by atoms with E-state index in [1.54, 1.807) is 25.4 Å². The van der Waals surface area contributed by atoms with Gasteiger partial charge in [0.15, 0.2) is 5.78 Å². The first-order valence-electron chi connectivity index (χ1n) is 17.0. The van der Waals surface area contributed by atoms with E-state index in [9.17, 15) is 32.3 Å². The summed E-state index contributed by atoms with van der Waals surface area (Å²) in [6.45, 7) is 4.56. The standard InChI is InChI=1S/C36H36F3N9O4/c1-19-10-11-27(36(37,38)39)44-33(19)45-34(52)26-13-35-14-28(35)48(26)30(51)17-47-32-23(31(46-47)20(2)49)12-25(22-15-40-21(3)41-16-22)43-24(32)8-6-4-5-7-9-29(50)42-18-35/h4,6,10-12,15-16,26,28H,5,7-9,13-14,17-18H2,1-3H3,(H,42,50)(H,44,45,52)/b6-4+/t26-,28+,35-/m0/s1. The molecule has 0 radical (unpaired) electrons. The number of hydrogen-bond donors (Lipinski definition) is 2. The third kappa shape index (κ3) is 6.64. The van der Waals surface area contributed by atoms with Crippen LogP contribution < -0.4 is 10.6 Å². The molecule has 3 aliphatic rings. The number of amides is 3. The molecule has 2 aliphatic heterocycles. The molecule has 3 atom stereocenters. The number of hydrogen-bond acceptors (Lipinski definition) is 9. The van der Waals surface area contributed by atoms with Crippen LogP contribution in [0.3, 0.4) is 0 Å². The highest BCUT2D eigenvalue weighted by molar-refractivity contribution is 6.06. The number of halogens is 3. The lowest BCUT2D eigenvalue weighted by Gasteiger charge is -2.27. The monoisotopic (exact) mass is 715 g/mol. The zero-order valence-corrected chi connectivity index (χ0v) is 28.8. The molecule has 4 aromatic rings. The Kier molecular flexibility index (Phi) is 8.87. The molecule has 2 N–H and O–H groups in total. The van der Waals surface area contributed by atoms with Gasteiger partial charge >= 0.3 is 6.18 Å².